The van der Waals surface area contributed by atoms with Crippen molar-refractivity contribution in [3.63, 3.8) is 0 Å². The van der Waals surface area contributed by atoms with E-state index >= 15 is 0 Å². The van der Waals surface area contributed by atoms with Gasteiger partial charge in [-0.2, -0.15) is 0 Å². The van der Waals surface area contributed by atoms with E-state index in [1.807, 2.05) is 0 Å². The zero-order chi connectivity index (χ0) is 20.3. The maximum atomic E-state index is 7.28. The monoisotopic (exact) mass is 401 g/mol. The molecule has 3 aromatic rings. The van der Waals surface area contributed by atoms with Gasteiger partial charge < -0.3 is 9.33 Å². The largest absolute Gasteiger partial charge is 0.403 e. The number of anilines is 1. The van der Waals surface area contributed by atoms with Gasteiger partial charge in [0.05, 0.1) is 6.10 Å². The Morgan fingerprint density at radius 2 is 1.24 bits per heavy atom. The molecule has 1 aliphatic rings. The molecule has 0 saturated carbocycles. The van der Waals surface area contributed by atoms with Crippen molar-refractivity contribution < 1.29 is 4.43 Å². The summed E-state index contributed by atoms with van der Waals surface area (Å²) in [4.78, 5) is 2.46. The minimum atomic E-state index is -2.47. The second kappa shape index (κ2) is 8.17. The van der Waals surface area contributed by atoms with E-state index in [1.54, 1.807) is 0 Å². The SMILES string of the molecule is CC(C)(C)[Si](O[C@@H]1CCN(c2ccccc2)C1)(c1ccccc1)c1ccccc1. The predicted octanol–water partition coefficient (Wildman–Crippen LogP) is 4.84. The third-order valence-electron chi connectivity index (χ3n) is 6.03. The molecule has 0 spiro atoms. The summed E-state index contributed by atoms with van der Waals surface area (Å²) in [7, 11) is -2.47. The second-order valence-corrected chi connectivity index (χ2v) is 13.2. The summed E-state index contributed by atoms with van der Waals surface area (Å²) >= 11 is 0. The molecule has 150 valence electrons. The van der Waals surface area contributed by atoms with Gasteiger partial charge in [0.2, 0.25) is 0 Å². The van der Waals surface area contributed by atoms with Crippen LogP contribution in [0.15, 0.2) is 91.0 Å². The van der Waals surface area contributed by atoms with Crippen LogP contribution in [0.2, 0.25) is 5.04 Å². The fraction of sp³-hybridized carbons (Fsp3) is 0.308. The minimum Gasteiger partial charge on any atom is -0.403 e. The average molecular weight is 402 g/mol. The topological polar surface area (TPSA) is 12.5 Å². The third-order valence-corrected chi connectivity index (χ3v) is 11.1. The summed E-state index contributed by atoms with van der Waals surface area (Å²) in [5.74, 6) is 0. The average Bonchev–Trinajstić information content (AvgIpc) is 3.22. The Morgan fingerprint density at radius 1 is 0.759 bits per heavy atom. The van der Waals surface area contributed by atoms with Gasteiger partial charge in [0.1, 0.15) is 0 Å². The summed E-state index contributed by atoms with van der Waals surface area (Å²) in [6.07, 6.45) is 1.31. The van der Waals surface area contributed by atoms with Gasteiger partial charge in [-0.3, -0.25) is 0 Å². The molecule has 0 N–H and O–H groups in total. The van der Waals surface area contributed by atoms with Crippen LogP contribution in [0.5, 0.6) is 0 Å². The van der Waals surface area contributed by atoms with Gasteiger partial charge in [-0.05, 0) is 34.0 Å². The van der Waals surface area contributed by atoms with Crippen molar-refractivity contribution in [3.8, 4) is 0 Å². The minimum absolute atomic E-state index is 0.0237. The summed E-state index contributed by atoms with van der Waals surface area (Å²) in [5, 5.41) is 2.74. The lowest BCUT2D eigenvalue weighted by atomic mass is 10.2. The Hall–Kier alpha value is -2.36. The number of nitrogens with zero attached hydrogens (tertiary/aromatic N) is 1. The van der Waals surface area contributed by atoms with Crippen molar-refractivity contribution in [2.45, 2.75) is 38.3 Å². The van der Waals surface area contributed by atoms with Crippen LogP contribution in [0.3, 0.4) is 0 Å². The van der Waals surface area contributed by atoms with Crippen LogP contribution in [-0.2, 0) is 4.43 Å². The van der Waals surface area contributed by atoms with Gasteiger partial charge >= 0.3 is 0 Å². The van der Waals surface area contributed by atoms with Gasteiger partial charge in [-0.25, -0.2) is 0 Å². The molecule has 0 unspecified atom stereocenters. The lowest BCUT2D eigenvalue weighted by molar-refractivity contribution is 0.209. The quantitative estimate of drug-likeness (QED) is 0.567. The standard InChI is InChI=1S/C26H31NOSi/c1-26(2,3)29(24-15-9-5-10-16-24,25-17-11-6-12-18-25)28-23-19-20-27(21-23)22-13-7-4-8-14-22/h4-18,23H,19-21H2,1-3H3/t23-/m1/s1. The highest BCUT2D eigenvalue weighted by atomic mass is 28.4. The van der Waals surface area contributed by atoms with Crippen LogP contribution >= 0.6 is 0 Å². The van der Waals surface area contributed by atoms with E-state index in [0.717, 1.165) is 19.5 Å². The molecule has 2 nitrogen and oxygen atoms in total. The first-order valence-corrected chi connectivity index (χ1v) is 12.5. The van der Waals surface area contributed by atoms with Crippen LogP contribution in [0.4, 0.5) is 5.69 Å². The van der Waals surface area contributed by atoms with Crippen molar-refractivity contribution in [2.24, 2.45) is 0 Å². The third kappa shape index (κ3) is 3.90. The van der Waals surface area contributed by atoms with Crippen LogP contribution in [-0.4, -0.2) is 27.5 Å². The van der Waals surface area contributed by atoms with Crippen LogP contribution in [0.25, 0.3) is 0 Å². The molecule has 3 aromatic carbocycles. The number of hydrogen-bond acceptors (Lipinski definition) is 2. The normalized spacial score (nSPS) is 17.5. The van der Waals surface area contributed by atoms with Gasteiger partial charge in [-0.1, -0.05) is 99.6 Å². The summed E-state index contributed by atoms with van der Waals surface area (Å²) < 4.78 is 7.28. The Morgan fingerprint density at radius 3 is 1.72 bits per heavy atom. The van der Waals surface area contributed by atoms with Gasteiger partial charge in [0, 0.05) is 18.8 Å². The van der Waals surface area contributed by atoms with Gasteiger partial charge in [0.15, 0.2) is 0 Å². The maximum absolute atomic E-state index is 7.28. The Kier molecular flexibility index (Phi) is 5.62. The Balaban J connectivity index is 1.72. The van der Waals surface area contributed by atoms with Crippen LogP contribution in [0, 0.1) is 0 Å². The van der Waals surface area contributed by atoms with Crippen molar-refractivity contribution in [1.82, 2.24) is 0 Å². The molecule has 4 rings (SSSR count). The molecular formula is C26H31NOSi. The second-order valence-electron chi connectivity index (χ2n) is 8.97. The predicted molar refractivity (Wildman–Crippen MR) is 126 cm³/mol. The molecule has 0 amide bonds. The molecule has 1 atom stereocenters. The van der Waals surface area contributed by atoms with Crippen LogP contribution in [0.1, 0.15) is 27.2 Å². The van der Waals surface area contributed by atoms with E-state index in [1.165, 1.54) is 16.1 Å². The van der Waals surface area contributed by atoms with E-state index < -0.39 is 8.32 Å². The van der Waals surface area contributed by atoms with E-state index in [-0.39, 0.29) is 11.1 Å². The van der Waals surface area contributed by atoms with E-state index in [2.05, 4.69) is 117 Å². The van der Waals surface area contributed by atoms with Crippen LogP contribution < -0.4 is 15.3 Å². The Labute approximate surface area is 176 Å². The highest BCUT2D eigenvalue weighted by molar-refractivity contribution is 6.99. The molecule has 0 aromatic heterocycles. The number of para-hydroxylation sites is 1. The highest BCUT2D eigenvalue weighted by Crippen LogP contribution is 2.38. The number of rotatable bonds is 5. The highest BCUT2D eigenvalue weighted by Gasteiger charge is 2.51. The first-order chi connectivity index (χ1) is 14.0. The van der Waals surface area contributed by atoms with Crippen molar-refractivity contribution in [1.29, 1.82) is 0 Å². The molecule has 1 saturated heterocycles. The van der Waals surface area contributed by atoms with Gasteiger partial charge in [0.25, 0.3) is 8.32 Å². The first-order valence-electron chi connectivity index (χ1n) is 10.6. The molecule has 29 heavy (non-hydrogen) atoms. The maximum Gasteiger partial charge on any atom is 0.261 e. The number of hydrogen-bond donors (Lipinski definition) is 0. The lowest BCUT2D eigenvalue weighted by Gasteiger charge is -2.44. The first kappa shape index (κ1) is 19.9. The molecule has 0 aliphatic carbocycles. The lowest BCUT2D eigenvalue weighted by Crippen LogP contribution is -2.67. The summed E-state index contributed by atoms with van der Waals surface area (Å²) in [5.41, 5.74) is 1.29. The summed E-state index contributed by atoms with van der Waals surface area (Å²) in [6.45, 7) is 9.05. The molecule has 1 aliphatic heterocycles. The fourth-order valence-electron chi connectivity index (χ4n) is 4.64. The smallest absolute Gasteiger partial charge is 0.261 e. The molecule has 3 heteroatoms. The Bertz CT molecular complexity index is 866. The van der Waals surface area contributed by atoms with Crippen molar-refractivity contribution >= 4 is 24.4 Å². The van der Waals surface area contributed by atoms with Gasteiger partial charge in [-0.15, -0.1) is 0 Å². The zero-order valence-corrected chi connectivity index (χ0v) is 18.7. The van der Waals surface area contributed by atoms with E-state index in [9.17, 15) is 0 Å². The fourth-order valence-corrected chi connectivity index (χ4v) is 9.35. The van der Waals surface area contributed by atoms with Crippen molar-refractivity contribution in [3.05, 3.63) is 91.0 Å². The molecular weight excluding hydrogens is 370 g/mol. The molecule has 0 radical (unpaired) electrons. The summed E-state index contributed by atoms with van der Waals surface area (Å²) in [6, 6.07) is 32.6. The molecule has 0 bridgehead atoms. The zero-order valence-electron chi connectivity index (χ0n) is 17.7. The molecule has 1 fully saturated rings. The van der Waals surface area contributed by atoms with E-state index in [0.29, 0.717) is 0 Å². The molecule has 1 heterocycles. The van der Waals surface area contributed by atoms with E-state index in [4.69, 9.17) is 4.43 Å². The van der Waals surface area contributed by atoms with Crippen molar-refractivity contribution in [2.75, 3.05) is 18.0 Å². The number of benzene rings is 3.